The maximum atomic E-state index is 12.9. The summed E-state index contributed by atoms with van der Waals surface area (Å²) in [5.41, 5.74) is 0. The Balaban J connectivity index is 5.23. The van der Waals surface area contributed by atoms with Crippen LogP contribution in [0.25, 0.3) is 0 Å². The number of ether oxygens (including phenoxy) is 2. The van der Waals surface area contributed by atoms with E-state index in [4.69, 9.17) is 4.74 Å². The number of amides is 2. The standard InChI is InChI=1S/C30H49F3N2O7S/c1-4-5-6-7-8-9-10-11-12-13-14-15-19-26(25(37)18-16-17-20-42-23(2)36)43-22-24(35-29(40)30(31,32)33)28(39)34-21-27(38)41-3/h13-15,19,24-26,37H,4-12,16-18,20-22H2,1-3H3,(H,34,39)(H,35,40)/t24?,25-,26+/m1/s1. The van der Waals surface area contributed by atoms with Gasteiger partial charge in [-0.15, -0.1) is 11.8 Å². The molecule has 0 aromatic carbocycles. The summed E-state index contributed by atoms with van der Waals surface area (Å²) in [6.07, 6.45) is 13.1. The van der Waals surface area contributed by atoms with Crippen molar-refractivity contribution < 1.29 is 46.9 Å². The van der Waals surface area contributed by atoms with E-state index in [0.717, 1.165) is 38.1 Å². The number of aliphatic hydroxyl groups excluding tert-OH is 1. The summed E-state index contributed by atoms with van der Waals surface area (Å²) in [7, 11) is 1.09. The summed E-state index contributed by atoms with van der Waals surface area (Å²) >= 11 is 0.995. The second-order valence-corrected chi connectivity index (χ2v) is 11.3. The number of hydrogen-bond donors (Lipinski definition) is 3. The summed E-state index contributed by atoms with van der Waals surface area (Å²) in [6, 6.07) is -1.63. The highest BCUT2D eigenvalue weighted by atomic mass is 32.2. The summed E-state index contributed by atoms with van der Waals surface area (Å²) in [6.45, 7) is 3.10. The Morgan fingerprint density at radius 3 is 2.21 bits per heavy atom. The maximum Gasteiger partial charge on any atom is 0.471 e. The fourth-order valence-corrected chi connectivity index (χ4v) is 5.07. The highest BCUT2D eigenvalue weighted by Crippen LogP contribution is 2.23. The number of thioether (sulfide) groups is 1. The van der Waals surface area contributed by atoms with E-state index < -0.39 is 53.9 Å². The van der Waals surface area contributed by atoms with Crippen LogP contribution in [0.5, 0.6) is 0 Å². The van der Waals surface area contributed by atoms with Crippen molar-refractivity contribution in [3.05, 3.63) is 24.3 Å². The Kier molecular flexibility index (Phi) is 23.4. The fraction of sp³-hybridized carbons (Fsp3) is 0.733. The van der Waals surface area contributed by atoms with Gasteiger partial charge in [0.25, 0.3) is 0 Å². The van der Waals surface area contributed by atoms with Gasteiger partial charge in [0.15, 0.2) is 0 Å². The van der Waals surface area contributed by atoms with Crippen molar-refractivity contribution in [1.82, 2.24) is 10.6 Å². The van der Waals surface area contributed by atoms with Crippen LogP contribution in [-0.2, 0) is 28.7 Å². The first kappa shape index (κ1) is 40.5. The number of hydrogen-bond acceptors (Lipinski definition) is 8. The van der Waals surface area contributed by atoms with Gasteiger partial charge in [-0.25, -0.2) is 0 Å². The molecule has 43 heavy (non-hydrogen) atoms. The summed E-state index contributed by atoms with van der Waals surface area (Å²) in [5, 5.41) is 14.0. The van der Waals surface area contributed by atoms with E-state index >= 15 is 0 Å². The number of carbonyl (C=O) groups excluding carboxylic acids is 4. The smallest absolute Gasteiger partial charge is 0.468 e. The molecule has 0 aromatic rings. The first-order valence-electron chi connectivity index (χ1n) is 14.9. The largest absolute Gasteiger partial charge is 0.471 e. The van der Waals surface area contributed by atoms with E-state index in [1.165, 1.54) is 45.4 Å². The molecule has 0 heterocycles. The average molecular weight is 639 g/mol. The lowest BCUT2D eigenvalue weighted by Gasteiger charge is -2.23. The van der Waals surface area contributed by atoms with E-state index in [9.17, 15) is 37.5 Å². The molecule has 0 saturated carbocycles. The van der Waals surface area contributed by atoms with E-state index in [1.807, 2.05) is 12.2 Å². The van der Waals surface area contributed by atoms with Gasteiger partial charge in [0.05, 0.1) is 19.8 Å². The summed E-state index contributed by atoms with van der Waals surface area (Å²) in [5.74, 6) is -4.83. The zero-order valence-electron chi connectivity index (χ0n) is 25.6. The average Bonchev–Trinajstić information content (AvgIpc) is 2.95. The van der Waals surface area contributed by atoms with Crippen LogP contribution in [0.15, 0.2) is 24.3 Å². The van der Waals surface area contributed by atoms with Crippen LogP contribution < -0.4 is 10.6 Å². The third-order valence-corrected chi connectivity index (χ3v) is 7.70. The zero-order valence-corrected chi connectivity index (χ0v) is 26.4. The van der Waals surface area contributed by atoms with Gasteiger partial charge in [0.1, 0.15) is 12.6 Å². The number of nitrogens with one attached hydrogen (secondary N) is 2. The molecule has 0 bridgehead atoms. The number of esters is 2. The minimum absolute atomic E-state index is 0.198. The van der Waals surface area contributed by atoms with Crippen LogP contribution >= 0.6 is 11.8 Å². The first-order chi connectivity index (χ1) is 20.4. The molecule has 3 atom stereocenters. The Hall–Kier alpha value is -2.54. The molecule has 0 spiro atoms. The molecule has 2 amide bonds. The van der Waals surface area contributed by atoms with E-state index in [-0.39, 0.29) is 12.4 Å². The molecule has 13 heteroatoms. The van der Waals surface area contributed by atoms with Crippen LogP contribution in [0.1, 0.15) is 90.9 Å². The number of unbranched alkanes of at least 4 members (excludes halogenated alkanes) is 9. The third-order valence-electron chi connectivity index (χ3n) is 6.32. The monoisotopic (exact) mass is 638 g/mol. The molecule has 0 aliphatic heterocycles. The Morgan fingerprint density at radius 2 is 1.60 bits per heavy atom. The topological polar surface area (TPSA) is 131 Å². The van der Waals surface area contributed by atoms with Crippen molar-refractivity contribution in [2.24, 2.45) is 0 Å². The highest BCUT2D eigenvalue weighted by Gasteiger charge is 2.41. The second kappa shape index (κ2) is 24.9. The van der Waals surface area contributed by atoms with Gasteiger partial charge in [-0.05, 0) is 32.1 Å². The molecule has 0 aromatic heterocycles. The molecule has 248 valence electrons. The van der Waals surface area contributed by atoms with Gasteiger partial charge in [-0.3, -0.25) is 19.2 Å². The minimum atomic E-state index is -5.22. The van der Waals surface area contributed by atoms with Crippen molar-refractivity contribution in [2.45, 2.75) is 114 Å². The number of aliphatic hydroxyl groups is 1. The molecule has 3 N–H and O–H groups in total. The van der Waals surface area contributed by atoms with Crippen molar-refractivity contribution in [2.75, 3.05) is 26.0 Å². The number of allylic oxidation sites excluding steroid dienone is 3. The number of rotatable bonds is 24. The lowest BCUT2D eigenvalue weighted by atomic mass is 10.1. The number of carbonyl (C=O) groups is 4. The van der Waals surface area contributed by atoms with Crippen LogP contribution in [-0.4, -0.2) is 78.4 Å². The predicted molar refractivity (Wildman–Crippen MR) is 161 cm³/mol. The lowest BCUT2D eigenvalue weighted by molar-refractivity contribution is -0.174. The van der Waals surface area contributed by atoms with Gasteiger partial charge in [0.2, 0.25) is 5.91 Å². The molecule has 0 aliphatic rings. The molecular formula is C30H49F3N2O7S. The molecule has 9 nitrogen and oxygen atoms in total. The van der Waals surface area contributed by atoms with Crippen LogP contribution in [0.2, 0.25) is 0 Å². The summed E-state index contributed by atoms with van der Waals surface area (Å²) in [4.78, 5) is 46.4. The van der Waals surface area contributed by atoms with Crippen molar-refractivity contribution in [3.63, 3.8) is 0 Å². The van der Waals surface area contributed by atoms with Crippen molar-refractivity contribution in [3.8, 4) is 0 Å². The van der Waals surface area contributed by atoms with E-state index in [2.05, 4.69) is 17.0 Å². The zero-order chi connectivity index (χ0) is 32.5. The van der Waals surface area contributed by atoms with E-state index in [1.54, 1.807) is 17.5 Å². The second-order valence-electron chi connectivity index (χ2n) is 10.1. The summed E-state index contributed by atoms with van der Waals surface area (Å²) < 4.78 is 48.0. The van der Waals surface area contributed by atoms with Gasteiger partial charge >= 0.3 is 24.0 Å². The predicted octanol–water partition coefficient (Wildman–Crippen LogP) is 5.16. The maximum absolute atomic E-state index is 12.9. The quantitative estimate of drug-likeness (QED) is 0.0751. The third kappa shape index (κ3) is 22.6. The number of methoxy groups -OCH3 is 1. The molecule has 0 radical (unpaired) electrons. The van der Waals surface area contributed by atoms with Crippen molar-refractivity contribution in [1.29, 1.82) is 0 Å². The molecular weight excluding hydrogens is 589 g/mol. The SMILES string of the molecule is CCCCCCCCCCC=CC=C[C@H](SCC(NC(=O)C(F)(F)F)C(=O)NCC(=O)OC)[C@H](O)CCCCOC(C)=O. The van der Waals surface area contributed by atoms with E-state index in [0.29, 0.717) is 19.3 Å². The van der Waals surface area contributed by atoms with Gasteiger partial charge in [-0.2, -0.15) is 13.2 Å². The van der Waals surface area contributed by atoms with Crippen LogP contribution in [0.4, 0.5) is 13.2 Å². The molecule has 0 aliphatic carbocycles. The molecule has 0 fully saturated rings. The molecule has 0 saturated heterocycles. The Labute approximate surface area is 257 Å². The van der Waals surface area contributed by atoms with Crippen molar-refractivity contribution >= 4 is 35.5 Å². The number of halogens is 3. The normalized spacial score (nSPS) is 13.9. The highest BCUT2D eigenvalue weighted by molar-refractivity contribution is 8.00. The molecule has 1 unspecified atom stereocenters. The Bertz CT molecular complexity index is 869. The van der Waals surface area contributed by atoms with Gasteiger partial charge in [-0.1, -0.05) is 76.2 Å². The Morgan fingerprint density at radius 1 is 0.953 bits per heavy atom. The van der Waals surface area contributed by atoms with Gasteiger partial charge in [0, 0.05) is 17.9 Å². The first-order valence-corrected chi connectivity index (χ1v) is 16.0. The molecule has 0 rings (SSSR count). The van der Waals surface area contributed by atoms with Gasteiger partial charge < -0.3 is 25.2 Å². The van der Waals surface area contributed by atoms with Crippen LogP contribution in [0, 0.1) is 0 Å². The fourth-order valence-electron chi connectivity index (χ4n) is 3.86. The minimum Gasteiger partial charge on any atom is -0.468 e. The van der Waals surface area contributed by atoms with Crippen LogP contribution in [0.3, 0.4) is 0 Å². The number of alkyl halides is 3. The lowest BCUT2D eigenvalue weighted by Crippen LogP contribution is -2.52.